The number of hydrogen-bond acceptors (Lipinski definition) is 2. The molecule has 0 atom stereocenters. The molecule has 0 heterocycles. The van der Waals surface area contributed by atoms with E-state index in [0.29, 0.717) is 12.0 Å². The molecule has 0 radical (unpaired) electrons. The molecule has 0 fully saturated rings. The van der Waals surface area contributed by atoms with Crippen LogP contribution in [-0.2, 0) is 4.79 Å². The third kappa shape index (κ3) is 2.60. The molecule has 1 aromatic carbocycles. The van der Waals surface area contributed by atoms with Crippen LogP contribution in [-0.4, -0.2) is 6.29 Å². The van der Waals surface area contributed by atoms with Gasteiger partial charge in [0.15, 0.2) is 0 Å². The maximum absolute atomic E-state index is 13.0. The largest absolute Gasteiger partial charge is 0.399 e. The predicted molar refractivity (Wildman–Crippen MR) is 48.4 cm³/mol. The third-order valence-corrected chi connectivity index (χ3v) is 1.40. The van der Waals surface area contributed by atoms with E-state index >= 15 is 0 Å². The summed E-state index contributed by atoms with van der Waals surface area (Å²) in [7, 11) is 0. The Labute approximate surface area is 75.6 Å². The second-order valence-corrected chi connectivity index (χ2v) is 2.41. The highest BCUT2D eigenvalue weighted by Crippen LogP contribution is 2.10. The zero-order valence-electron chi connectivity index (χ0n) is 6.88. The van der Waals surface area contributed by atoms with Gasteiger partial charge in [0.2, 0.25) is 0 Å². The summed E-state index contributed by atoms with van der Waals surface area (Å²) in [6, 6.07) is 4.25. The maximum Gasteiger partial charge on any atom is 0.140 e. The van der Waals surface area contributed by atoms with E-state index in [0.717, 1.165) is 0 Å². The molecule has 0 unspecified atom stereocenters. The van der Waals surface area contributed by atoms with Crippen LogP contribution in [0.4, 0.5) is 10.1 Å². The Kier molecular flexibility index (Phi) is 3.04. The van der Waals surface area contributed by atoms with E-state index < -0.39 is 5.82 Å². The van der Waals surface area contributed by atoms with Crippen molar-refractivity contribution in [1.29, 1.82) is 0 Å². The molecule has 13 heavy (non-hydrogen) atoms. The SMILES string of the molecule is Nc1ccc(C#CCC=O)c(F)c1. The highest BCUT2D eigenvalue weighted by molar-refractivity contribution is 5.55. The average molecular weight is 177 g/mol. The van der Waals surface area contributed by atoms with Crippen molar-refractivity contribution in [3.63, 3.8) is 0 Å². The van der Waals surface area contributed by atoms with Crippen molar-refractivity contribution in [3.05, 3.63) is 29.6 Å². The lowest BCUT2D eigenvalue weighted by molar-refractivity contribution is -0.107. The number of carbonyl (C=O) groups is 1. The first-order valence-electron chi connectivity index (χ1n) is 3.71. The molecule has 2 N–H and O–H groups in total. The quantitative estimate of drug-likeness (QED) is 0.399. The van der Waals surface area contributed by atoms with Crippen LogP contribution in [0.3, 0.4) is 0 Å². The van der Waals surface area contributed by atoms with Gasteiger partial charge in [-0.1, -0.05) is 11.8 Å². The molecule has 1 rings (SSSR count). The fraction of sp³-hybridized carbons (Fsp3) is 0.100. The van der Waals surface area contributed by atoms with E-state index in [2.05, 4.69) is 11.8 Å². The minimum Gasteiger partial charge on any atom is -0.399 e. The molecule has 0 spiro atoms. The summed E-state index contributed by atoms with van der Waals surface area (Å²) in [5, 5.41) is 0. The van der Waals surface area contributed by atoms with Crippen LogP contribution in [0.15, 0.2) is 18.2 Å². The number of halogens is 1. The first-order valence-corrected chi connectivity index (χ1v) is 3.71. The molecule has 0 aliphatic carbocycles. The van der Waals surface area contributed by atoms with Crippen molar-refractivity contribution in [1.82, 2.24) is 0 Å². The van der Waals surface area contributed by atoms with Gasteiger partial charge in [0, 0.05) is 5.69 Å². The summed E-state index contributed by atoms with van der Waals surface area (Å²) in [4.78, 5) is 9.92. The van der Waals surface area contributed by atoms with Crippen molar-refractivity contribution in [2.45, 2.75) is 6.42 Å². The lowest BCUT2D eigenvalue weighted by atomic mass is 10.2. The Balaban J connectivity index is 2.91. The molecule has 66 valence electrons. The number of nitrogens with two attached hydrogens (primary N) is 1. The first kappa shape index (κ1) is 9.27. The zero-order chi connectivity index (χ0) is 9.68. The molecule has 0 aromatic heterocycles. The monoisotopic (exact) mass is 177 g/mol. The van der Waals surface area contributed by atoms with Gasteiger partial charge in [0.25, 0.3) is 0 Å². The number of anilines is 1. The summed E-state index contributed by atoms with van der Waals surface area (Å²) in [5.74, 6) is 4.58. The molecule has 0 aliphatic heterocycles. The Morgan fingerprint density at radius 3 is 2.92 bits per heavy atom. The summed E-state index contributed by atoms with van der Waals surface area (Å²) in [6.45, 7) is 0. The van der Waals surface area contributed by atoms with Gasteiger partial charge in [0.05, 0.1) is 12.0 Å². The predicted octanol–water partition coefficient (Wildman–Crippen LogP) is 1.35. The summed E-state index contributed by atoms with van der Waals surface area (Å²) < 4.78 is 13.0. The molecule has 0 saturated carbocycles. The first-order chi connectivity index (χ1) is 6.24. The second kappa shape index (κ2) is 4.27. The van der Waals surface area contributed by atoms with Crippen LogP contribution >= 0.6 is 0 Å². The number of rotatable bonds is 1. The molecular formula is C10H8FNO. The van der Waals surface area contributed by atoms with E-state index in [-0.39, 0.29) is 12.0 Å². The van der Waals surface area contributed by atoms with Gasteiger partial charge in [-0.3, -0.25) is 0 Å². The molecule has 1 aromatic rings. The lowest BCUT2D eigenvalue weighted by Crippen LogP contribution is -1.88. The fourth-order valence-corrected chi connectivity index (χ4v) is 0.821. The van der Waals surface area contributed by atoms with Gasteiger partial charge in [-0.15, -0.1) is 0 Å². The molecule has 0 amide bonds. The van der Waals surface area contributed by atoms with Crippen LogP contribution in [0.2, 0.25) is 0 Å². The maximum atomic E-state index is 13.0. The second-order valence-electron chi connectivity index (χ2n) is 2.41. The van der Waals surface area contributed by atoms with Crippen LogP contribution in [0.5, 0.6) is 0 Å². The Hall–Kier alpha value is -1.82. The Morgan fingerprint density at radius 2 is 2.31 bits per heavy atom. The van der Waals surface area contributed by atoms with Gasteiger partial charge in [-0.2, -0.15) is 0 Å². The van der Waals surface area contributed by atoms with Crippen LogP contribution in [0.25, 0.3) is 0 Å². The van der Waals surface area contributed by atoms with Crippen molar-refractivity contribution < 1.29 is 9.18 Å². The van der Waals surface area contributed by atoms with E-state index in [4.69, 9.17) is 5.73 Å². The summed E-state index contributed by atoms with van der Waals surface area (Å²) in [6.07, 6.45) is 0.784. The van der Waals surface area contributed by atoms with E-state index in [1.807, 2.05) is 0 Å². The summed E-state index contributed by atoms with van der Waals surface area (Å²) in [5.41, 5.74) is 5.96. The number of hydrogen-bond donors (Lipinski definition) is 1. The minimum atomic E-state index is -0.460. The normalized spacial score (nSPS) is 8.69. The van der Waals surface area contributed by atoms with Crippen molar-refractivity contribution in [3.8, 4) is 11.8 Å². The Morgan fingerprint density at radius 1 is 1.54 bits per heavy atom. The highest BCUT2D eigenvalue weighted by atomic mass is 19.1. The fourth-order valence-electron chi connectivity index (χ4n) is 0.821. The molecule has 0 bridgehead atoms. The van der Waals surface area contributed by atoms with E-state index in [1.54, 1.807) is 6.07 Å². The number of carbonyl (C=O) groups excluding carboxylic acids is 1. The van der Waals surface area contributed by atoms with Crippen molar-refractivity contribution in [2.75, 3.05) is 5.73 Å². The number of benzene rings is 1. The van der Waals surface area contributed by atoms with Crippen molar-refractivity contribution >= 4 is 12.0 Å². The molecule has 0 saturated heterocycles. The van der Waals surface area contributed by atoms with E-state index in [9.17, 15) is 9.18 Å². The van der Waals surface area contributed by atoms with Gasteiger partial charge in [0.1, 0.15) is 12.1 Å². The smallest absolute Gasteiger partial charge is 0.140 e. The third-order valence-electron chi connectivity index (χ3n) is 1.40. The topological polar surface area (TPSA) is 43.1 Å². The van der Waals surface area contributed by atoms with Crippen LogP contribution in [0, 0.1) is 17.7 Å². The van der Waals surface area contributed by atoms with Crippen LogP contribution < -0.4 is 5.73 Å². The zero-order valence-corrected chi connectivity index (χ0v) is 6.88. The van der Waals surface area contributed by atoms with E-state index in [1.165, 1.54) is 12.1 Å². The average Bonchev–Trinajstić information content (AvgIpc) is 2.09. The van der Waals surface area contributed by atoms with Gasteiger partial charge in [-0.25, -0.2) is 4.39 Å². The standard InChI is InChI=1S/C10H8FNO/c11-10-7-9(12)5-4-8(10)3-1-2-6-13/h4-7H,2,12H2. The Bertz CT molecular complexity index is 376. The molecular weight excluding hydrogens is 169 g/mol. The number of nitrogen functional groups attached to an aromatic ring is 1. The van der Waals surface area contributed by atoms with Crippen molar-refractivity contribution in [2.24, 2.45) is 0 Å². The molecule has 2 nitrogen and oxygen atoms in total. The molecule has 0 aliphatic rings. The van der Waals surface area contributed by atoms with Gasteiger partial charge >= 0.3 is 0 Å². The van der Waals surface area contributed by atoms with Gasteiger partial charge < -0.3 is 10.5 Å². The van der Waals surface area contributed by atoms with Crippen LogP contribution in [0.1, 0.15) is 12.0 Å². The summed E-state index contributed by atoms with van der Waals surface area (Å²) >= 11 is 0. The lowest BCUT2D eigenvalue weighted by Gasteiger charge is -1.95. The number of aldehydes is 1. The highest BCUT2D eigenvalue weighted by Gasteiger charge is 1.97. The van der Waals surface area contributed by atoms with Gasteiger partial charge in [-0.05, 0) is 18.2 Å². The molecule has 3 heteroatoms. The minimum absolute atomic E-state index is 0.115.